The molecule has 2 aromatic heterocycles. The van der Waals surface area contributed by atoms with Crippen LogP contribution in [0.25, 0.3) is 22.4 Å². The van der Waals surface area contributed by atoms with E-state index in [2.05, 4.69) is 68.2 Å². The fourth-order valence-electron chi connectivity index (χ4n) is 4.87. The van der Waals surface area contributed by atoms with Gasteiger partial charge in [0, 0.05) is 56.5 Å². The normalized spacial score (nSPS) is 11.7. The third kappa shape index (κ3) is 10.6. The van der Waals surface area contributed by atoms with E-state index in [9.17, 15) is 0 Å². The van der Waals surface area contributed by atoms with Crippen molar-refractivity contribution in [2.45, 2.75) is 26.2 Å². The van der Waals surface area contributed by atoms with Crippen molar-refractivity contribution in [2.75, 3.05) is 11.9 Å². The number of hydrogen-bond donors (Lipinski definition) is 0. The van der Waals surface area contributed by atoms with Crippen molar-refractivity contribution in [3.05, 3.63) is 171 Å². The Morgan fingerprint density at radius 2 is 1.39 bits per heavy atom. The number of anilines is 1. The molecule has 0 atom stereocenters. The molecule has 7 rings (SSSR count). The molecule has 0 fully saturated rings. The zero-order chi connectivity index (χ0) is 34.2. The van der Waals surface area contributed by atoms with E-state index in [-0.39, 0.29) is 47.5 Å². The van der Waals surface area contributed by atoms with Crippen molar-refractivity contribution in [3.63, 3.8) is 0 Å². The first-order valence-electron chi connectivity index (χ1n) is 15.7. The molecule has 0 aliphatic carbocycles. The van der Waals surface area contributed by atoms with Crippen LogP contribution in [0, 0.1) is 49.5 Å². The molecule has 0 radical (unpaired) electrons. The molecule has 1 aliphatic rings. The monoisotopic (exact) mass is 1030 g/mol. The Labute approximate surface area is 330 Å². The van der Waals surface area contributed by atoms with Crippen LogP contribution in [-0.4, -0.2) is 21.5 Å². The fraction of sp³-hybridized carbons (Fsp3) is 0.116. The quantitative estimate of drug-likeness (QED) is 0.118. The van der Waals surface area contributed by atoms with E-state index in [1.54, 1.807) is 23.2 Å². The first-order valence-corrected chi connectivity index (χ1v) is 15.7. The standard InChI is InChI=1S/C37H29N3O2.C6H4N.2Pt/c1-37(2,3)30-11-7-15-34(24-30)41-32-13-5-9-27(21-32)28-17-18-38-36(23-28)29-10-6-14-33(22-29)42-35-16-8-12-31(25-35)40-20-19-39(4)26-40;1-2-7-5-3-4-6-7;;/h5-14,16,18-20,23-24,26H,1-4H3;3-6H;;/q-6;-1;;+4. The zero-order valence-corrected chi connectivity index (χ0v) is 32.9. The Kier molecular flexibility index (Phi) is 13.7. The maximum atomic E-state index is 6.57. The minimum Gasteiger partial charge on any atom is -0.669 e. The Morgan fingerprint density at radius 1 is 0.745 bits per heavy atom. The van der Waals surface area contributed by atoms with Gasteiger partial charge < -0.3 is 35.2 Å². The molecule has 51 heavy (non-hydrogen) atoms. The molecule has 3 heterocycles. The number of aromatic nitrogens is 2. The van der Waals surface area contributed by atoms with Gasteiger partial charge in [-0.3, -0.25) is 11.1 Å². The average molecular weight is 1030 g/mol. The minimum atomic E-state index is 0. The summed E-state index contributed by atoms with van der Waals surface area (Å²) >= 11 is 0. The van der Waals surface area contributed by atoms with Crippen molar-refractivity contribution in [1.82, 2.24) is 14.5 Å². The predicted molar refractivity (Wildman–Crippen MR) is 192 cm³/mol. The summed E-state index contributed by atoms with van der Waals surface area (Å²) in [6.07, 6.45) is 15.7. The van der Waals surface area contributed by atoms with E-state index < -0.39 is 0 Å². The number of nitrogens with zero attached hydrogens (tertiary/aromatic N) is 4. The zero-order valence-electron chi connectivity index (χ0n) is 28.4. The molecule has 0 amide bonds. The molecule has 8 heteroatoms. The van der Waals surface area contributed by atoms with Gasteiger partial charge in [0.2, 0.25) is 0 Å². The first kappa shape index (κ1) is 39.0. The van der Waals surface area contributed by atoms with Gasteiger partial charge in [-0.2, -0.15) is 37.0 Å². The van der Waals surface area contributed by atoms with Gasteiger partial charge in [-0.25, -0.2) is 24.2 Å². The molecule has 0 saturated carbocycles. The van der Waals surface area contributed by atoms with Gasteiger partial charge in [0.1, 0.15) is 0 Å². The second-order valence-corrected chi connectivity index (χ2v) is 12.2. The molecule has 0 bridgehead atoms. The summed E-state index contributed by atoms with van der Waals surface area (Å²) in [5.41, 5.74) is 5.33. The summed E-state index contributed by atoms with van der Waals surface area (Å²) in [4.78, 5) is 8.51. The van der Waals surface area contributed by atoms with Gasteiger partial charge in [-0.1, -0.05) is 38.7 Å². The Hall–Kier alpha value is -4.81. The van der Waals surface area contributed by atoms with E-state index in [0.717, 1.165) is 28.1 Å². The minimum absolute atomic E-state index is 0. The SMILES string of the molecule is CN1C=CN(c2[c-]c(Oc3[c-]c(-c4cc(-c5[c-]c(Oc6[c-]ccc(C(C)(C)C)c6)ccc5)[c-]cn4)ccc3)ccc2)[CH-]1.[C-]#Cn1cccc1.[Pt+4].[Pt]. The molecule has 0 unspecified atom stereocenters. The predicted octanol–water partition coefficient (Wildman–Crippen LogP) is 9.52. The Bertz CT molecular complexity index is 2100. The second-order valence-electron chi connectivity index (χ2n) is 12.2. The van der Waals surface area contributed by atoms with Gasteiger partial charge in [0.05, 0.1) is 0 Å². The summed E-state index contributed by atoms with van der Waals surface area (Å²) in [5.74, 6) is 2.44. The summed E-state index contributed by atoms with van der Waals surface area (Å²) < 4.78 is 13.8. The molecule has 0 saturated heterocycles. The molecule has 4 aromatic carbocycles. The van der Waals surface area contributed by atoms with E-state index in [4.69, 9.17) is 15.9 Å². The smallest absolute Gasteiger partial charge is 0.669 e. The fourth-order valence-corrected chi connectivity index (χ4v) is 4.87. The third-order valence-electron chi connectivity index (χ3n) is 7.42. The van der Waals surface area contributed by atoms with Gasteiger partial charge in [-0.15, -0.1) is 71.4 Å². The number of benzene rings is 4. The van der Waals surface area contributed by atoms with Crippen LogP contribution in [0.2, 0.25) is 0 Å². The van der Waals surface area contributed by atoms with Crippen LogP contribution in [0.5, 0.6) is 23.0 Å². The third-order valence-corrected chi connectivity index (χ3v) is 7.42. The van der Waals surface area contributed by atoms with Crippen molar-refractivity contribution in [3.8, 4) is 51.4 Å². The van der Waals surface area contributed by atoms with Gasteiger partial charge in [0.25, 0.3) is 0 Å². The molecule has 0 spiro atoms. The van der Waals surface area contributed by atoms with E-state index in [1.807, 2.05) is 121 Å². The van der Waals surface area contributed by atoms with Crippen molar-refractivity contribution >= 4 is 5.69 Å². The largest absolute Gasteiger partial charge is 4.00 e. The number of hydrogen-bond acceptors (Lipinski definition) is 5. The average Bonchev–Trinajstić information content (AvgIpc) is 3.81. The van der Waals surface area contributed by atoms with Crippen LogP contribution in [0.3, 0.4) is 0 Å². The summed E-state index contributed by atoms with van der Waals surface area (Å²) in [7, 11) is 1.98. The maximum Gasteiger partial charge on any atom is 4.00 e. The number of rotatable bonds is 7. The summed E-state index contributed by atoms with van der Waals surface area (Å²) in [6, 6.07) is 47.6. The summed E-state index contributed by atoms with van der Waals surface area (Å²) in [6.45, 7) is 8.50. The van der Waals surface area contributed by atoms with Gasteiger partial charge >= 0.3 is 21.1 Å². The van der Waals surface area contributed by atoms with E-state index in [0.29, 0.717) is 23.0 Å². The maximum absolute atomic E-state index is 6.57. The summed E-state index contributed by atoms with van der Waals surface area (Å²) in [5, 5.41) is 0. The van der Waals surface area contributed by atoms with Crippen LogP contribution < -0.4 is 14.4 Å². The molecular weight excluding hydrogens is 995 g/mol. The van der Waals surface area contributed by atoms with Gasteiger partial charge in [-0.05, 0) is 37.0 Å². The van der Waals surface area contributed by atoms with Crippen LogP contribution in [0.4, 0.5) is 5.69 Å². The Balaban J connectivity index is 0.000000581. The van der Waals surface area contributed by atoms with Crippen LogP contribution >= 0.6 is 0 Å². The molecular formula is C43H33N4O2Pt2-3. The van der Waals surface area contributed by atoms with Crippen LogP contribution in [0.15, 0.2) is 122 Å². The van der Waals surface area contributed by atoms with Gasteiger partial charge in [0.15, 0.2) is 0 Å². The first-order chi connectivity index (χ1) is 23.7. The van der Waals surface area contributed by atoms with Crippen LogP contribution in [0.1, 0.15) is 26.3 Å². The van der Waals surface area contributed by atoms with Crippen LogP contribution in [-0.2, 0) is 47.5 Å². The van der Waals surface area contributed by atoms with E-state index in [1.165, 1.54) is 5.56 Å². The molecule has 0 N–H and O–H groups in total. The van der Waals surface area contributed by atoms with Crippen molar-refractivity contribution < 1.29 is 51.6 Å². The Morgan fingerprint density at radius 3 is 2.04 bits per heavy atom. The second kappa shape index (κ2) is 17.9. The topological polar surface area (TPSA) is 42.8 Å². The van der Waals surface area contributed by atoms with Crippen molar-refractivity contribution in [2.24, 2.45) is 0 Å². The van der Waals surface area contributed by atoms with E-state index >= 15 is 0 Å². The molecule has 6 nitrogen and oxygen atoms in total. The number of ether oxygens (including phenoxy) is 2. The molecule has 6 aromatic rings. The number of pyridine rings is 1. The van der Waals surface area contributed by atoms with Crippen molar-refractivity contribution in [1.29, 1.82) is 0 Å². The molecule has 260 valence electrons. The molecule has 1 aliphatic heterocycles.